The van der Waals surface area contributed by atoms with Crippen molar-refractivity contribution in [3.63, 3.8) is 0 Å². The zero-order valence-electron chi connectivity index (χ0n) is 21.3. The number of carbonyl (C=O) groups is 1. The molecule has 0 fully saturated rings. The SMILES string of the molecule is CC(NCCCC1(c2ccccc2)COCc2ccccc21)C(=O)N(c1ccccc1)c1ccccc1. The molecule has 4 nitrogen and oxygen atoms in total. The number of benzene rings is 4. The van der Waals surface area contributed by atoms with Gasteiger partial charge in [0.15, 0.2) is 0 Å². The van der Waals surface area contributed by atoms with Gasteiger partial charge in [-0.1, -0.05) is 91.0 Å². The molecule has 1 heterocycles. The van der Waals surface area contributed by atoms with Crippen LogP contribution in [0.15, 0.2) is 115 Å². The summed E-state index contributed by atoms with van der Waals surface area (Å²) in [6.07, 6.45) is 1.85. The maximum atomic E-state index is 13.6. The number of hydrogen-bond donors (Lipinski definition) is 1. The van der Waals surface area contributed by atoms with Gasteiger partial charge in [0.05, 0.1) is 19.3 Å². The fourth-order valence-corrected chi connectivity index (χ4v) is 5.42. The predicted octanol–water partition coefficient (Wildman–Crippen LogP) is 6.63. The highest BCUT2D eigenvalue weighted by Gasteiger charge is 2.38. The number of nitrogens with zero attached hydrogens (tertiary/aromatic N) is 1. The van der Waals surface area contributed by atoms with Crippen molar-refractivity contribution in [2.24, 2.45) is 0 Å². The van der Waals surface area contributed by atoms with Crippen molar-refractivity contribution in [3.8, 4) is 0 Å². The summed E-state index contributed by atoms with van der Waals surface area (Å²) >= 11 is 0. The van der Waals surface area contributed by atoms with Crippen LogP contribution >= 0.6 is 0 Å². The number of fused-ring (bicyclic) bond motifs is 1. The van der Waals surface area contributed by atoms with E-state index >= 15 is 0 Å². The molecule has 0 aliphatic carbocycles. The van der Waals surface area contributed by atoms with Crippen LogP contribution < -0.4 is 10.2 Å². The summed E-state index contributed by atoms with van der Waals surface area (Å²) in [5, 5.41) is 3.50. The van der Waals surface area contributed by atoms with Gasteiger partial charge in [-0.05, 0) is 67.3 Å². The Morgan fingerprint density at radius 3 is 2.05 bits per heavy atom. The zero-order valence-corrected chi connectivity index (χ0v) is 21.3. The normalized spacial score (nSPS) is 17.5. The summed E-state index contributed by atoms with van der Waals surface area (Å²) < 4.78 is 6.13. The second-order valence-electron chi connectivity index (χ2n) is 9.72. The van der Waals surface area contributed by atoms with Crippen molar-refractivity contribution in [1.82, 2.24) is 5.32 Å². The molecule has 5 rings (SSSR count). The van der Waals surface area contributed by atoms with Crippen LogP contribution in [0.1, 0.15) is 36.5 Å². The summed E-state index contributed by atoms with van der Waals surface area (Å²) in [6, 6.07) is 38.7. The highest BCUT2D eigenvalue weighted by Crippen LogP contribution is 2.42. The first kappa shape index (κ1) is 24.9. The van der Waals surface area contributed by atoms with Crippen molar-refractivity contribution < 1.29 is 9.53 Å². The topological polar surface area (TPSA) is 41.6 Å². The van der Waals surface area contributed by atoms with Gasteiger partial charge in [-0.25, -0.2) is 0 Å². The quantitative estimate of drug-likeness (QED) is 0.268. The van der Waals surface area contributed by atoms with Gasteiger partial charge in [0.2, 0.25) is 5.91 Å². The Morgan fingerprint density at radius 1 is 0.838 bits per heavy atom. The van der Waals surface area contributed by atoms with Gasteiger partial charge in [-0.2, -0.15) is 0 Å². The van der Waals surface area contributed by atoms with Crippen LogP contribution in [0.3, 0.4) is 0 Å². The molecule has 4 heteroatoms. The monoisotopic (exact) mass is 490 g/mol. The maximum Gasteiger partial charge on any atom is 0.248 e. The molecule has 37 heavy (non-hydrogen) atoms. The summed E-state index contributed by atoms with van der Waals surface area (Å²) in [6.45, 7) is 4.01. The molecule has 4 aromatic carbocycles. The Bertz CT molecular complexity index is 1250. The van der Waals surface area contributed by atoms with Crippen LogP contribution in [0.2, 0.25) is 0 Å². The molecule has 1 N–H and O–H groups in total. The van der Waals surface area contributed by atoms with Crippen LogP contribution in [-0.4, -0.2) is 25.1 Å². The van der Waals surface area contributed by atoms with E-state index in [4.69, 9.17) is 4.74 Å². The molecule has 2 atom stereocenters. The number of hydrogen-bond acceptors (Lipinski definition) is 3. The summed E-state index contributed by atoms with van der Waals surface area (Å²) in [5.41, 5.74) is 5.44. The predicted molar refractivity (Wildman–Crippen MR) is 150 cm³/mol. The molecule has 1 amide bonds. The summed E-state index contributed by atoms with van der Waals surface area (Å²) in [5.74, 6) is 0.0292. The molecule has 0 radical (unpaired) electrons. The van der Waals surface area contributed by atoms with Crippen molar-refractivity contribution in [2.45, 2.75) is 37.8 Å². The lowest BCUT2D eigenvalue weighted by Gasteiger charge is -2.40. The largest absolute Gasteiger partial charge is 0.375 e. The Kier molecular flexibility index (Phi) is 7.79. The molecule has 0 bridgehead atoms. The maximum absolute atomic E-state index is 13.6. The van der Waals surface area contributed by atoms with Gasteiger partial charge in [0.25, 0.3) is 0 Å². The summed E-state index contributed by atoms with van der Waals surface area (Å²) in [7, 11) is 0. The van der Waals surface area contributed by atoms with Gasteiger partial charge in [-0.15, -0.1) is 0 Å². The number of rotatable bonds is 9. The standard InChI is InChI=1S/C33H34N2O2/c1-26(32(36)35(29-17-7-3-8-18-29)30-19-9-4-10-20-30)34-23-13-22-33(28-15-5-2-6-16-28)25-37-24-27-14-11-12-21-31(27)33/h2-12,14-21,26,34H,13,22-25H2,1H3. The first-order chi connectivity index (χ1) is 18.2. The molecule has 2 unspecified atom stereocenters. The molecule has 1 aliphatic heterocycles. The third-order valence-electron chi connectivity index (χ3n) is 7.32. The lowest BCUT2D eigenvalue weighted by atomic mass is 9.69. The van der Waals surface area contributed by atoms with E-state index in [2.05, 4.69) is 59.9 Å². The Labute approximate surface area is 219 Å². The van der Waals surface area contributed by atoms with Crippen LogP contribution in [-0.2, 0) is 21.6 Å². The number of para-hydroxylation sites is 2. The van der Waals surface area contributed by atoms with E-state index in [1.54, 1.807) is 4.90 Å². The van der Waals surface area contributed by atoms with E-state index in [-0.39, 0.29) is 17.4 Å². The first-order valence-electron chi connectivity index (χ1n) is 13.1. The number of ether oxygens (including phenoxy) is 1. The number of nitrogens with one attached hydrogen (secondary N) is 1. The van der Waals surface area contributed by atoms with Gasteiger partial charge in [0.1, 0.15) is 0 Å². The first-order valence-corrected chi connectivity index (χ1v) is 13.1. The van der Waals surface area contributed by atoms with Crippen molar-refractivity contribution in [3.05, 3.63) is 132 Å². The van der Waals surface area contributed by atoms with Gasteiger partial charge >= 0.3 is 0 Å². The number of amides is 1. The second-order valence-corrected chi connectivity index (χ2v) is 9.72. The van der Waals surface area contributed by atoms with E-state index in [1.807, 2.05) is 67.6 Å². The minimum atomic E-state index is -0.331. The third-order valence-corrected chi connectivity index (χ3v) is 7.32. The van der Waals surface area contributed by atoms with E-state index in [9.17, 15) is 4.79 Å². The van der Waals surface area contributed by atoms with Crippen LogP contribution in [0.25, 0.3) is 0 Å². The highest BCUT2D eigenvalue weighted by molar-refractivity contribution is 6.03. The molecule has 188 valence electrons. The molecule has 1 aliphatic rings. The average Bonchev–Trinajstić information content (AvgIpc) is 2.97. The molecule has 0 saturated heterocycles. The smallest absolute Gasteiger partial charge is 0.248 e. The molecule has 0 spiro atoms. The van der Waals surface area contributed by atoms with Gasteiger partial charge in [0, 0.05) is 16.8 Å². The number of carbonyl (C=O) groups excluding carboxylic acids is 1. The summed E-state index contributed by atoms with van der Waals surface area (Å²) in [4.78, 5) is 15.4. The second kappa shape index (κ2) is 11.5. The number of anilines is 2. The molecule has 4 aromatic rings. The Balaban J connectivity index is 1.30. The van der Waals surface area contributed by atoms with Crippen LogP contribution in [0, 0.1) is 0 Å². The van der Waals surface area contributed by atoms with Gasteiger partial charge in [-0.3, -0.25) is 9.69 Å². The lowest BCUT2D eigenvalue weighted by molar-refractivity contribution is -0.119. The van der Waals surface area contributed by atoms with E-state index in [0.717, 1.165) is 30.8 Å². The average molecular weight is 491 g/mol. The fourth-order valence-electron chi connectivity index (χ4n) is 5.42. The Morgan fingerprint density at radius 2 is 1.41 bits per heavy atom. The third kappa shape index (κ3) is 5.36. The fraction of sp³-hybridized carbons (Fsp3) is 0.242. The van der Waals surface area contributed by atoms with E-state index < -0.39 is 0 Å². The molecular weight excluding hydrogens is 456 g/mol. The molecule has 0 aromatic heterocycles. The minimum absolute atomic E-state index is 0.0292. The molecular formula is C33H34N2O2. The van der Waals surface area contributed by atoms with Crippen LogP contribution in [0.4, 0.5) is 11.4 Å². The zero-order chi connectivity index (χ0) is 25.5. The lowest BCUT2D eigenvalue weighted by Crippen LogP contribution is -2.44. The van der Waals surface area contributed by atoms with E-state index in [1.165, 1.54) is 16.7 Å². The van der Waals surface area contributed by atoms with Crippen molar-refractivity contribution in [2.75, 3.05) is 18.1 Å². The van der Waals surface area contributed by atoms with Crippen LogP contribution in [0.5, 0.6) is 0 Å². The molecule has 0 saturated carbocycles. The Hall–Kier alpha value is -3.73. The van der Waals surface area contributed by atoms with Gasteiger partial charge < -0.3 is 10.1 Å². The highest BCUT2D eigenvalue weighted by atomic mass is 16.5. The van der Waals surface area contributed by atoms with Crippen molar-refractivity contribution >= 4 is 17.3 Å². The van der Waals surface area contributed by atoms with E-state index in [0.29, 0.717) is 13.2 Å². The van der Waals surface area contributed by atoms with Crippen molar-refractivity contribution in [1.29, 1.82) is 0 Å². The minimum Gasteiger partial charge on any atom is -0.375 e.